The fourth-order valence-corrected chi connectivity index (χ4v) is 3.51. The molecular formula is C13H20N2O4S. The number of hydrogen-bond donors (Lipinski definition) is 3. The molecule has 4 N–H and O–H groups in total. The van der Waals surface area contributed by atoms with Crippen LogP contribution in [0, 0.1) is 0 Å². The van der Waals surface area contributed by atoms with E-state index in [2.05, 4.69) is 0 Å². The summed E-state index contributed by atoms with van der Waals surface area (Å²) in [6.45, 7) is 1.30. The Hall–Kier alpha value is -0.990. The lowest BCUT2D eigenvalue weighted by molar-refractivity contribution is 0.0572. The van der Waals surface area contributed by atoms with Crippen LogP contribution in [0.1, 0.15) is 5.56 Å². The fraction of sp³-hybridized carbons (Fsp3) is 0.538. The minimum atomic E-state index is -3.35. The monoisotopic (exact) mass is 300 g/mol. The highest BCUT2D eigenvalue weighted by Crippen LogP contribution is 2.15. The van der Waals surface area contributed by atoms with E-state index in [1.54, 1.807) is 29.2 Å². The van der Waals surface area contributed by atoms with Crippen LogP contribution >= 0.6 is 0 Å². The van der Waals surface area contributed by atoms with E-state index in [0.717, 1.165) is 5.56 Å². The van der Waals surface area contributed by atoms with Gasteiger partial charge in [0.05, 0.1) is 22.9 Å². The van der Waals surface area contributed by atoms with Gasteiger partial charge < -0.3 is 15.9 Å². The molecule has 1 heterocycles. The number of likely N-dealkylation sites (tertiary alicyclic amines) is 1. The molecule has 0 aliphatic carbocycles. The lowest BCUT2D eigenvalue weighted by Crippen LogP contribution is -2.28. The molecule has 112 valence electrons. The van der Waals surface area contributed by atoms with Crippen LogP contribution in [0.5, 0.6) is 0 Å². The molecule has 2 rings (SSSR count). The first-order valence-electron chi connectivity index (χ1n) is 6.52. The molecule has 2 unspecified atom stereocenters. The average molecular weight is 300 g/mol. The molecule has 1 aliphatic rings. The van der Waals surface area contributed by atoms with Crippen LogP contribution in [0.25, 0.3) is 0 Å². The molecule has 1 aromatic rings. The lowest BCUT2D eigenvalue weighted by Gasteiger charge is -2.14. The summed E-state index contributed by atoms with van der Waals surface area (Å²) >= 11 is 0. The van der Waals surface area contributed by atoms with E-state index < -0.39 is 22.0 Å². The second-order valence-electron chi connectivity index (χ2n) is 5.06. The highest BCUT2D eigenvalue weighted by Gasteiger charge is 2.30. The maximum atomic E-state index is 12.2. The van der Waals surface area contributed by atoms with Gasteiger partial charge in [-0.25, -0.2) is 8.42 Å². The Morgan fingerprint density at radius 3 is 2.20 bits per heavy atom. The third kappa shape index (κ3) is 3.56. The quantitative estimate of drug-likeness (QED) is 0.641. The Morgan fingerprint density at radius 2 is 1.70 bits per heavy atom. The maximum absolute atomic E-state index is 12.2. The van der Waals surface area contributed by atoms with E-state index in [0.29, 0.717) is 26.2 Å². The summed E-state index contributed by atoms with van der Waals surface area (Å²) in [6.07, 6.45) is -1.58. The SMILES string of the molecule is NCc1ccc(S(=O)(=O)CCN2CC(O)C(O)C2)cc1. The highest BCUT2D eigenvalue weighted by molar-refractivity contribution is 7.91. The predicted molar refractivity (Wildman–Crippen MR) is 74.8 cm³/mol. The van der Waals surface area contributed by atoms with Gasteiger partial charge in [0.15, 0.2) is 9.84 Å². The van der Waals surface area contributed by atoms with Crippen molar-refractivity contribution in [3.05, 3.63) is 29.8 Å². The molecular weight excluding hydrogens is 280 g/mol. The zero-order valence-corrected chi connectivity index (χ0v) is 12.0. The molecule has 0 radical (unpaired) electrons. The Labute approximate surface area is 118 Å². The van der Waals surface area contributed by atoms with Crippen molar-refractivity contribution in [2.24, 2.45) is 5.73 Å². The van der Waals surface area contributed by atoms with Gasteiger partial charge in [0.2, 0.25) is 0 Å². The van der Waals surface area contributed by atoms with Crippen molar-refractivity contribution in [3.63, 3.8) is 0 Å². The third-order valence-corrected chi connectivity index (χ3v) is 5.24. The predicted octanol–water partition coefficient (Wildman–Crippen LogP) is -1.04. The molecule has 0 amide bonds. The molecule has 2 atom stereocenters. The van der Waals surface area contributed by atoms with Gasteiger partial charge in [-0.1, -0.05) is 12.1 Å². The van der Waals surface area contributed by atoms with Crippen LogP contribution in [0.2, 0.25) is 0 Å². The second-order valence-corrected chi connectivity index (χ2v) is 7.17. The van der Waals surface area contributed by atoms with E-state index in [9.17, 15) is 18.6 Å². The van der Waals surface area contributed by atoms with E-state index in [1.165, 1.54) is 0 Å². The molecule has 20 heavy (non-hydrogen) atoms. The van der Waals surface area contributed by atoms with E-state index in [1.807, 2.05) is 0 Å². The van der Waals surface area contributed by atoms with Gasteiger partial charge in [0, 0.05) is 26.2 Å². The minimum Gasteiger partial charge on any atom is -0.389 e. The number of sulfone groups is 1. The second kappa shape index (κ2) is 6.19. The Kier molecular flexibility index (Phi) is 4.77. The van der Waals surface area contributed by atoms with Gasteiger partial charge >= 0.3 is 0 Å². The Morgan fingerprint density at radius 1 is 1.15 bits per heavy atom. The summed E-state index contributed by atoms with van der Waals surface area (Å²) in [6, 6.07) is 6.53. The standard InChI is InChI=1S/C13H20N2O4S/c14-7-10-1-3-11(4-2-10)20(18,19)6-5-15-8-12(16)13(17)9-15/h1-4,12-13,16-17H,5-9,14H2. The number of rotatable bonds is 5. The van der Waals surface area contributed by atoms with Crippen molar-refractivity contribution >= 4 is 9.84 Å². The molecule has 0 aromatic heterocycles. The average Bonchev–Trinajstić information content (AvgIpc) is 2.76. The Bertz CT molecular complexity index is 534. The highest BCUT2D eigenvalue weighted by atomic mass is 32.2. The summed E-state index contributed by atoms with van der Waals surface area (Å²) in [7, 11) is -3.35. The zero-order chi connectivity index (χ0) is 14.8. The first kappa shape index (κ1) is 15.4. The van der Waals surface area contributed by atoms with Crippen LogP contribution in [0.4, 0.5) is 0 Å². The molecule has 1 aromatic carbocycles. The first-order chi connectivity index (χ1) is 9.42. The Balaban J connectivity index is 1.97. The summed E-state index contributed by atoms with van der Waals surface area (Å²) in [5, 5.41) is 18.8. The van der Waals surface area contributed by atoms with Crippen molar-refractivity contribution in [1.82, 2.24) is 4.90 Å². The van der Waals surface area contributed by atoms with Crippen LogP contribution < -0.4 is 5.73 Å². The largest absolute Gasteiger partial charge is 0.389 e. The molecule has 1 aliphatic heterocycles. The molecule has 1 saturated heterocycles. The number of β-amino-alcohol motifs (C(OH)–C–C–N with tert-alkyl or cyclic N) is 2. The van der Waals surface area contributed by atoms with Crippen molar-refractivity contribution < 1.29 is 18.6 Å². The van der Waals surface area contributed by atoms with Gasteiger partial charge in [-0.2, -0.15) is 0 Å². The van der Waals surface area contributed by atoms with Gasteiger partial charge in [-0.05, 0) is 17.7 Å². The van der Waals surface area contributed by atoms with Crippen molar-refractivity contribution in [2.75, 3.05) is 25.4 Å². The molecule has 7 heteroatoms. The van der Waals surface area contributed by atoms with Crippen LogP contribution in [0.3, 0.4) is 0 Å². The molecule has 1 fully saturated rings. The molecule has 0 saturated carbocycles. The van der Waals surface area contributed by atoms with Crippen LogP contribution in [0.15, 0.2) is 29.2 Å². The third-order valence-electron chi connectivity index (χ3n) is 3.53. The number of benzene rings is 1. The molecule has 0 bridgehead atoms. The topological polar surface area (TPSA) is 104 Å². The van der Waals surface area contributed by atoms with E-state index in [4.69, 9.17) is 5.73 Å². The number of hydrogen-bond acceptors (Lipinski definition) is 6. The zero-order valence-electron chi connectivity index (χ0n) is 11.1. The van der Waals surface area contributed by atoms with Crippen molar-refractivity contribution in [1.29, 1.82) is 0 Å². The van der Waals surface area contributed by atoms with Crippen LogP contribution in [-0.4, -0.2) is 61.1 Å². The normalized spacial score (nSPS) is 24.1. The smallest absolute Gasteiger partial charge is 0.179 e. The summed E-state index contributed by atoms with van der Waals surface area (Å²) in [5.41, 5.74) is 6.36. The first-order valence-corrected chi connectivity index (χ1v) is 8.18. The number of nitrogens with zero attached hydrogens (tertiary/aromatic N) is 1. The lowest BCUT2D eigenvalue weighted by atomic mass is 10.2. The van der Waals surface area contributed by atoms with Gasteiger partial charge in [-0.3, -0.25) is 4.90 Å². The van der Waals surface area contributed by atoms with Crippen LogP contribution in [-0.2, 0) is 16.4 Å². The number of nitrogens with two attached hydrogens (primary N) is 1. The molecule has 6 nitrogen and oxygen atoms in total. The summed E-state index contributed by atoms with van der Waals surface area (Å²) < 4.78 is 24.3. The summed E-state index contributed by atoms with van der Waals surface area (Å²) in [4.78, 5) is 2.02. The molecule has 0 spiro atoms. The van der Waals surface area contributed by atoms with Gasteiger partial charge in [-0.15, -0.1) is 0 Å². The fourth-order valence-electron chi connectivity index (χ4n) is 2.23. The number of aliphatic hydroxyl groups is 2. The van der Waals surface area contributed by atoms with E-state index in [-0.39, 0.29) is 10.6 Å². The maximum Gasteiger partial charge on any atom is 0.179 e. The van der Waals surface area contributed by atoms with Crippen molar-refractivity contribution in [3.8, 4) is 0 Å². The van der Waals surface area contributed by atoms with Gasteiger partial charge in [0.25, 0.3) is 0 Å². The van der Waals surface area contributed by atoms with Crippen molar-refractivity contribution in [2.45, 2.75) is 23.6 Å². The number of aliphatic hydroxyl groups excluding tert-OH is 2. The minimum absolute atomic E-state index is 0.0333. The van der Waals surface area contributed by atoms with Gasteiger partial charge in [0.1, 0.15) is 0 Å². The van der Waals surface area contributed by atoms with E-state index >= 15 is 0 Å². The summed E-state index contributed by atoms with van der Waals surface area (Å²) in [5.74, 6) is -0.0333.